The van der Waals surface area contributed by atoms with Crippen LogP contribution in [-0.4, -0.2) is 36.9 Å². The van der Waals surface area contributed by atoms with Gasteiger partial charge in [-0.15, -0.1) is 0 Å². The summed E-state index contributed by atoms with van der Waals surface area (Å²) in [6, 6.07) is 3.72. The Morgan fingerprint density at radius 2 is 2.05 bits per heavy atom. The van der Waals surface area contributed by atoms with Crippen LogP contribution in [0.15, 0.2) is 23.1 Å². The molecule has 1 N–H and O–H groups in total. The molecule has 1 aromatic rings. The molecule has 19 heavy (non-hydrogen) atoms. The van der Waals surface area contributed by atoms with Gasteiger partial charge in [0.1, 0.15) is 17.3 Å². The number of sulfonamides is 1. The van der Waals surface area contributed by atoms with E-state index in [0.29, 0.717) is 12.0 Å². The zero-order chi connectivity index (χ0) is 14.6. The van der Waals surface area contributed by atoms with Crippen LogP contribution in [0.4, 0.5) is 4.39 Å². The Hall–Kier alpha value is -1.47. The summed E-state index contributed by atoms with van der Waals surface area (Å²) in [5.41, 5.74) is 0.590. The molecule has 0 amide bonds. The molecular formula is C12H16FNO4S. The number of aliphatic carboxylic acids is 1. The second-order valence-electron chi connectivity index (χ2n) is 4.17. The summed E-state index contributed by atoms with van der Waals surface area (Å²) < 4.78 is 38.9. The van der Waals surface area contributed by atoms with Gasteiger partial charge in [-0.3, -0.25) is 4.79 Å². The van der Waals surface area contributed by atoms with E-state index in [0.717, 1.165) is 10.4 Å². The quantitative estimate of drug-likeness (QED) is 0.863. The van der Waals surface area contributed by atoms with E-state index >= 15 is 0 Å². The predicted octanol–water partition coefficient (Wildman–Crippen LogP) is 1.62. The number of hydrogen-bond donors (Lipinski definition) is 1. The lowest BCUT2D eigenvalue weighted by Crippen LogP contribution is -2.36. The normalized spacial score (nSPS) is 11.8. The monoisotopic (exact) mass is 289 g/mol. The predicted molar refractivity (Wildman–Crippen MR) is 67.8 cm³/mol. The van der Waals surface area contributed by atoms with Gasteiger partial charge in [-0.2, -0.15) is 4.31 Å². The van der Waals surface area contributed by atoms with E-state index in [2.05, 4.69) is 0 Å². The minimum atomic E-state index is -4.13. The van der Waals surface area contributed by atoms with Crippen LogP contribution in [0.2, 0.25) is 0 Å². The van der Waals surface area contributed by atoms with Crippen molar-refractivity contribution >= 4 is 16.0 Å². The highest BCUT2D eigenvalue weighted by molar-refractivity contribution is 7.89. The molecule has 0 saturated heterocycles. The molecule has 0 aliphatic rings. The summed E-state index contributed by atoms with van der Waals surface area (Å²) in [5.74, 6) is -2.15. The summed E-state index contributed by atoms with van der Waals surface area (Å²) in [6.45, 7) is 2.71. The third kappa shape index (κ3) is 3.74. The maximum absolute atomic E-state index is 13.7. The van der Waals surface area contributed by atoms with Crippen LogP contribution < -0.4 is 0 Å². The molecule has 5 nitrogen and oxygen atoms in total. The van der Waals surface area contributed by atoms with Crippen molar-refractivity contribution in [3.63, 3.8) is 0 Å². The number of carbonyl (C=O) groups is 1. The smallest absolute Gasteiger partial charge is 0.318 e. The highest BCUT2D eigenvalue weighted by atomic mass is 32.2. The first-order chi connectivity index (χ1) is 8.78. The van der Waals surface area contributed by atoms with Crippen molar-refractivity contribution < 1.29 is 22.7 Å². The van der Waals surface area contributed by atoms with E-state index in [9.17, 15) is 17.6 Å². The fourth-order valence-corrected chi connectivity index (χ4v) is 3.26. The van der Waals surface area contributed by atoms with Crippen LogP contribution >= 0.6 is 0 Å². The lowest BCUT2D eigenvalue weighted by Gasteiger charge is -2.20. The zero-order valence-electron chi connectivity index (χ0n) is 10.8. The lowest BCUT2D eigenvalue weighted by atomic mass is 10.2. The van der Waals surface area contributed by atoms with Gasteiger partial charge in [0, 0.05) is 6.54 Å². The molecule has 1 rings (SSSR count). The van der Waals surface area contributed by atoms with Gasteiger partial charge in [-0.1, -0.05) is 13.0 Å². The van der Waals surface area contributed by atoms with Crippen molar-refractivity contribution in [1.29, 1.82) is 0 Å². The number of rotatable bonds is 6. The second kappa shape index (κ2) is 6.12. The van der Waals surface area contributed by atoms with Gasteiger partial charge < -0.3 is 5.11 Å². The largest absolute Gasteiger partial charge is 0.480 e. The highest BCUT2D eigenvalue weighted by Crippen LogP contribution is 2.20. The molecule has 0 aliphatic carbocycles. The first kappa shape index (κ1) is 15.6. The molecule has 0 aliphatic heterocycles. The Morgan fingerprint density at radius 1 is 1.42 bits per heavy atom. The SMILES string of the molecule is CCCN(CC(=O)O)S(=O)(=O)c1cc(C)ccc1F. The number of aryl methyl sites for hydroxylation is 1. The fraction of sp³-hybridized carbons (Fsp3) is 0.417. The summed E-state index contributed by atoms with van der Waals surface area (Å²) in [7, 11) is -4.13. The number of nitrogens with zero attached hydrogens (tertiary/aromatic N) is 1. The van der Waals surface area contributed by atoms with Gasteiger partial charge >= 0.3 is 5.97 Å². The van der Waals surface area contributed by atoms with Crippen molar-refractivity contribution in [1.82, 2.24) is 4.31 Å². The van der Waals surface area contributed by atoms with Crippen LogP contribution in [0, 0.1) is 12.7 Å². The molecule has 0 fully saturated rings. The molecule has 0 atom stereocenters. The molecule has 1 aromatic carbocycles. The van der Waals surface area contributed by atoms with Gasteiger partial charge in [-0.25, -0.2) is 12.8 Å². The topological polar surface area (TPSA) is 74.7 Å². The number of benzene rings is 1. The Balaban J connectivity index is 3.25. The van der Waals surface area contributed by atoms with E-state index in [1.54, 1.807) is 13.8 Å². The van der Waals surface area contributed by atoms with Gasteiger partial charge in [0.15, 0.2) is 0 Å². The third-order valence-electron chi connectivity index (χ3n) is 2.49. The van der Waals surface area contributed by atoms with Crippen LogP contribution in [0.25, 0.3) is 0 Å². The summed E-state index contributed by atoms with van der Waals surface area (Å²) in [6.07, 6.45) is 0.444. The standard InChI is InChI=1S/C12H16FNO4S/c1-3-6-14(8-12(15)16)19(17,18)11-7-9(2)4-5-10(11)13/h4-5,7H,3,6,8H2,1-2H3,(H,15,16). The van der Waals surface area contributed by atoms with Crippen LogP contribution in [0.1, 0.15) is 18.9 Å². The van der Waals surface area contributed by atoms with Gasteiger partial charge in [-0.05, 0) is 31.0 Å². The first-order valence-corrected chi connectivity index (χ1v) is 7.21. The molecule has 0 unspecified atom stereocenters. The van der Waals surface area contributed by atoms with Gasteiger partial charge in [0.2, 0.25) is 10.0 Å². The summed E-state index contributed by atoms with van der Waals surface area (Å²) >= 11 is 0. The van der Waals surface area contributed by atoms with Crippen LogP contribution in [0.3, 0.4) is 0 Å². The summed E-state index contributed by atoms with van der Waals surface area (Å²) in [5, 5.41) is 8.74. The van der Waals surface area contributed by atoms with E-state index in [1.165, 1.54) is 12.1 Å². The van der Waals surface area contributed by atoms with Gasteiger partial charge in [0.25, 0.3) is 0 Å². The number of carboxylic acid groups (broad SMARTS) is 1. The Morgan fingerprint density at radius 3 is 2.58 bits per heavy atom. The molecule has 0 bridgehead atoms. The molecule has 0 radical (unpaired) electrons. The average Bonchev–Trinajstić information content (AvgIpc) is 2.31. The van der Waals surface area contributed by atoms with Crippen molar-refractivity contribution in [2.45, 2.75) is 25.2 Å². The second-order valence-corrected chi connectivity index (χ2v) is 6.07. The third-order valence-corrected chi connectivity index (χ3v) is 4.35. The lowest BCUT2D eigenvalue weighted by molar-refractivity contribution is -0.137. The van der Waals surface area contributed by atoms with Gasteiger partial charge in [0.05, 0.1) is 0 Å². The van der Waals surface area contributed by atoms with Crippen molar-refractivity contribution in [3.05, 3.63) is 29.6 Å². The average molecular weight is 289 g/mol. The van der Waals surface area contributed by atoms with Crippen LogP contribution in [0.5, 0.6) is 0 Å². The minimum Gasteiger partial charge on any atom is -0.480 e. The molecule has 0 spiro atoms. The maximum atomic E-state index is 13.7. The molecule has 106 valence electrons. The Bertz CT molecular complexity index is 571. The Labute approximate surface area is 111 Å². The van der Waals surface area contributed by atoms with E-state index in [4.69, 9.17) is 5.11 Å². The van der Waals surface area contributed by atoms with E-state index in [1.807, 2.05) is 0 Å². The number of carboxylic acids is 1. The molecule has 0 saturated carbocycles. The fourth-order valence-electron chi connectivity index (χ4n) is 1.63. The Kier molecular flexibility index (Phi) is 5.02. The van der Waals surface area contributed by atoms with Crippen LogP contribution in [-0.2, 0) is 14.8 Å². The molecular weight excluding hydrogens is 273 g/mol. The molecule has 0 heterocycles. The highest BCUT2D eigenvalue weighted by Gasteiger charge is 2.28. The zero-order valence-corrected chi connectivity index (χ0v) is 11.6. The van der Waals surface area contributed by atoms with Crippen molar-refractivity contribution in [2.75, 3.05) is 13.1 Å². The van der Waals surface area contributed by atoms with E-state index < -0.39 is 33.3 Å². The van der Waals surface area contributed by atoms with Crippen molar-refractivity contribution in [3.8, 4) is 0 Å². The number of hydrogen-bond acceptors (Lipinski definition) is 3. The van der Waals surface area contributed by atoms with Crippen molar-refractivity contribution in [2.24, 2.45) is 0 Å². The van der Waals surface area contributed by atoms with E-state index in [-0.39, 0.29) is 6.54 Å². The number of halogens is 1. The minimum absolute atomic E-state index is 0.0298. The molecule has 7 heteroatoms. The summed E-state index contributed by atoms with van der Waals surface area (Å²) in [4.78, 5) is 10.2. The maximum Gasteiger partial charge on any atom is 0.318 e. The first-order valence-electron chi connectivity index (χ1n) is 5.77. The molecule has 0 aromatic heterocycles.